The van der Waals surface area contributed by atoms with Gasteiger partial charge in [-0.3, -0.25) is 9.59 Å². The zero-order valence-electron chi connectivity index (χ0n) is 12.5. The standard InChI is InChI=1S/C17H20N2O2/c1-11-15(13-9-5-6-10-14(13)19(11)2)16(20)17(21)18-12-7-3-4-8-12/h5-6,9-10,12H,3-4,7-8H2,1-2H3,(H,18,21). The molecular formula is C17H20N2O2. The predicted octanol–water partition coefficient (Wildman–Crippen LogP) is 2.73. The van der Waals surface area contributed by atoms with E-state index in [0.29, 0.717) is 5.56 Å². The zero-order chi connectivity index (χ0) is 15.0. The summed E-state index contributed by atoms with van der Waals surface area (Å²) in [5, 5.41) is 3.73. The number of ketones is 1. The van der Waals surface area contributed by atoms with Crippen molar-refractivity contribution in [3.8, 4) is 0 Å². The Hall–Kier alpha value is -2.10. The van der Waals surface area contributed by atoms with E-state index in [1.807, 2.05) is 42.8 Å². The maximum atomic E-state index is 12.6. The van der Waals surface area contributed by atoms with Crippen molar-refractivity contribution in [2.75, 3.05) is 0 Å². The van der Waals surface area contributed by atoms with Crippen LogP contribution in [0.5, 0.6) is 0 Å². The Kier molecular flexibility index (Phi) is 3.53. The Bertz CT molecular complexity index is 709. The molecule has 1 aliphatic rings. The maximum Gasteiger partial charge on any atom is 0.292 e. The van der Waals surface area contributed by atoms with Gasteiger partial charge in [0.05, 0.1) is 5.56 Å². The number of hydrogen-bond donors (Lipinski definition) is 1. The monoisotopic (exact) mass is 284 g/mol. The lowest BCUT2D eigenvalue weighted by molar-refractivity contribution is -0.117. The van der Waals surface area contributed by atoms with Crippen LogP contribution in [-0.2, 0) is 11.8 Å². The average Bonchev–Trinajstić information content (AvgIpc) is 3.07. The number of amides is 1. The molecule has 0 unspecified atom stereocenters. The molecule has 0 saturated heterocycles. The Balaban J connectivity index is 1.94. The number of aryl methyl sites for hydroxylation is 1. The van der Waals surface area contributed by atoms with Crippen molar-refractivity contribution < 1.29 is 9.59 Å². The summed E-state index contributed by atoms with van der Waals surface area (Å²) in [5.41, 5.74) is 2.35. The summed E-state index contributed by atoms with van der Waals surface area (Å²) in [6, 6.07) is 7.87. The summed E-state index contributed by atoms with van der Waals surface area (Å²) in [6.07, 6.45) is 4.22. The van der Waals surface area contributed by atoms with Crippen molar-refractivity contribution in [3.05, 3.63) is 35.5 Å². The van der Waals surface area contributed by atoms with Crippen LogP contribution in [0.25, 0.3) is 10.9 Å². The second kappa shape index (κ2) is 5.35. The zero-order valence-corrected chi connectivity index (χ0v) is 12.5. The van der Waals surface area contributed by atoms with Gasteiger partial charge in [0.25, 0.3) is 11.7 Å². The number of carbonyl (C=O) groups is 2. The van der Waals surface area contributed by atoms with Crippen molar-refractivity contribution in [1.29, 1.82) is 0 Å². The third-order valence-electron chi connectivity index (χ3n) is 4.52. The largest absolute Gasteiger partial charge is 0.347 e. The highest BCUT2D eigenvalue weighted by atomic mass is 16.2. The van der Waals surface area contributed by atoms with E-state index < -0.39 is 11.7 Å². The van der Waals surface area contributed by atoms with E-state index >= 15 is 0 Å². The molecule has 21 heavy (non-hydrogen) atoms. The van der Waals surface area contributed by atoms with E-state index in [-0.39, 0.29) is 6.04 Å². The van der Waals surface area contributed by atoms with Crippen LogP contribution in [-0.4, -0.2) is 22.3 Å². The van der Waals surface area contributed by atoms with Crippen LogP contribution < -0.4 is 5.32 Å². The molecule has 2 aromatic rings. The van der Waals surface area contributed by atoms with Crippen molar-refractivity contribution in [2.24, 2.45) is 7.05 Å². The summed E-state index contributed by atoms with van der Waals surface area (Å²) in [4.78, 5) is 24.8. The van der Waals surface area contributed by atoms with Crippen LogP contribution in [0.2, 0.25) is 0 Å². The molecule has 1 heterocycles. The summed E-state index contributed by atoms with van der Waals surface area (Å²) in [6.45, 7) is 1.89. The Morgan fingerprint density at radius 3 is 2.57 bits per heavy atom. The van der Waals surface area contributed by atoms with Gasteiger partial charge >= 0.3 is 0 Å². The minimum absolute atomic E-state index is 0.164. The molecule has 110 valence electrons. The van der Waals surface area contributed by atoms with Crippen LogP contribution in [0, 0.1) is 6.92 Å². The number of nitrogens with one attached hydrogen (secondary N) is 1. The van der Waals surface area contributed by atoms with Gasteiger partial charge in [-0.2, -0.15) is 0 Å². The Morgan fingerprint density at radius 2 is 1.86 bits per heavy atom. The number of nitrogens with zero attached hydrogens (tertiary/aromatic N) is 1. The van der Waals surface area contributed by atoms with Crippen LogP contribution in [0.3, 0.4) is 0 Å². The van der Waals surface area contributed by atoms with Gasteiger partial charge in [-0.25, -0.2) is 0 Å². The normalized spacial score (nSPS) is 15.5. The van der Waals surface area contributed by atoms with Gasteiger partial charge in [0.1, 0.15) is 0 Å². The van der Waals surface area contributed by atoms with E-state index in [0.717, 1.165) is 42.3 Å². The number of para-hydroxylation sites is 1. The predicted molar refractivity (Wildman–Crippen MR) is 82.4 cm³/mol. The molecule has 0 bridgehead atoms. The highest BCUT2D eigenvalue weighted by Gasteiger charge is 2.26. The van der Waals surface area contributed by atoms with E-state index in [2.05, 4.69) is 5.32 Å². The molecule has 1 aliphatic carbocycles. The third-order valence-corrected chi connectivity index (χ3v) is 4.52. The van der Waals surface area contributed by atoms with Crippen LogP contribution >= 0.6 is 0 Å². The Morgan fingerprint density at radius 1 is 1.19 bits per heavy atom. The van der Waals surface area contributed by atoms with E-state index in [1.165, 1.54) is 0 Å². The lowest BCUT2D eigenvalue weighted by atomic mass is 10.1. The molecule has 1 aromatic carbocycles. The lowest BCUT2D eigenvalue weighted by Crippen LogP contribution is -2.37. The van der Waals surface area contributed by atoms with Gasteiger partial charge in [0.15, 0.2) is 0 Å². The average molecular weight is 284 g/mol. The van der Waals surface area contributed by atoms with Crippen LogP contribution in [0.4, 0.5) is 0 Å². The number of Topliss-reactive ketones (excluding diaryl/α,β-unsaturated/α-hetero) is 1. The Labute approximate surface area is 124 Å². The van der Waals surface area contributed by atoms with E-state index in [9.17, 15) is 9.59 Å². The molecule has 1 N–H and O–H groups in total. The third kappa shape index (κ3) is 2.35. The highest BCUT2D eigenvalue weighted by molar-refractivity contribution is 6.45. The molecule has 0 aliphatic heterocycles. The van der Waals surface area contributed by atoms with Crippen molar-refractivity contribution >= 4 is 22.6 Å². The van der Waals surface area contributed by atoms with E-state index in [4.69, 9.17) is 0 Å². The second-order valence-corrected chi connectivity index (χ2v) is 5.82. The maximum absolute atomic E-state index is 12.6. The van der Waals surface area contributed by atoms with Gasteiger partial charge in [-0.1, -0.05) is 31.0 Å². The van der Waals surface area contributed by atoms with Gasteiger partial charge < -0.3 is 9.88 Å². The first-order valence-electron chi connectivity index (χ1n) is 7.49. The molecule has 1 fully saturated rings. The van der Waals surface area contributed by atoms with Gasteiger partial charge in [0, 0.05) is 29.7 Å². The number of carbonyl (C=O) groups excluding carboxylic acids is 2. The van der Waals surface area contributed by atoms with Crippen molar-refractivity contribution in [1.82, 2.24) is 9.88 Å². The van der Waals surface area contributed by atoms with Gasteiger partial charge in [0.2, 0.25) is 0 Å². The molecule has 3 rings (SSSR count). The molecule has 4 heteroatoms. The van der Waals surface area contributed by atoms with Crippen molar-refractivity contribution in [3.63, 3.8) is 0 Å². The molecule has 4 nitrogen and oxygen atoms in total. The van der Waals surface area contributed by atoms with Crippen molar-refractivity contribution in [2.45, 2.75) is 38.6 Å². The quantitative estimate of drug-likeness (QED) is 0.696. The minimum atomic E-state index is -0.471. The molecule has 0 atom stereocenters. The lowest BCUT2D eigenvalue weighted by Gasteiger charge is -2.11. The van der Waals surface area contributed by atoms with Crippen LogP contribution in [0.1, 0.15) is 41.7 Å². The molecule has 0 radical (unpaired) electrons. The fourth-order valence-electron chi connectivity index (χ4n) is 3.24. The first-order chi connectivity index (χ1) is 10.1. The first kappa shape index (κ1) is 13.9. The molecule has 1 amide bonds. The summed E-state index contributed by atoms with van der Waals surface area (Å²) in [7, 11) is 1.92. The van der Waals surface area contributed by atoms with E-state index in [1.54, 1.807) is 0 Å². The topological polar surface area (TPSA) is 51.1 Å². The van der Waals surface area contributed by atoms with Gasteiger partial charge in [-0.05, 0) is 25.8 Å². The minimum Gasteiger partial charge on any atom is -0.347 e. The first-order valence-corrected chi connectivity index (χ1v) is 7.49. The molecule has 0 spiro atoms. The number of fused-ring (bicyclic) bond motifs is 1. The molecule has 1 saturated carbocycles. The number of hydrogen-bond acceptors (Lipinski definition) is 2. The van der Waals surface area contributed by atoms with Gasteiger partial charge in [-0.15, -0.1) is 0 Å². The smallest absolute Gasteiger partial charge is 0.292 e. The fraction of sp³-hybridized carbons (Fsp3) is 0.412. The fourth-order valence-corrected chi connectivity index (χ4v) is 3.24. The number of rotatable bonds is 3. The summed E-state index contributed by atoms with van der Waals surface area (Å²) < 4.78 is 1.96. The SMILES string of the molecule is Cc1c(C(=O)C(=O)NC2CCCC2)c2ccccc2n1C. The number of aromatic nitrogens is 1. The highest BCUT2D eigenvalue weighted by Crippen LogP contribution is 2.25. The molecular weight excluding hydrogens is 264 g/mol. The number of benzene rings is 1. The van der Waals surface area contributed by atoms with Crippen LogP contribution in [0.15, 0.2) is 24.3 Å². The summed E-state index contributed by atoms with van der Waals surface area (Å²) >= 11 is 0. The molecule has 1 aromatic heterocycles. The second-order valence-electron chi connectivity index (χ2n) is 5.82. The summed E-state index contributed by atoms with van der Waals surface area (Å²) in [5.74, 6) is -0.891.